The number of pyridine rings is 1. The third kappa shape index (κ3) is 1.69. The zero-order valence-electron chi connectivity index (χ0n) is 11.4. The molecule has 94 valence electrons. The molecule has 2 rings (SSSR count). The standard InChI is InChI=1S/C14H23N3/c1-9-6-7-16-8-10(9)11(17-15)12-13(2,3)14(12,4)5/h6-8,11-12,17H,15H2,1-5H3. The lowest BCUT2D eigenvalue weighted by Gasteiger charge is -2.20. The first kappa shape index (κ1) is 12.5. The lowest BCUT2D eigenvalue weighted by Crippen LogP contribution is -2.32. The molecule has 1 aromatic rings. The topological polar surface area (TPSA) is 50.9 Å². The largest absolute Gasteiger partial charge is 0.271 e. The monoisotopic (exact) mass is 233 g/mol. The minimum absolute atomic E-state index is 0.189. The van der Waals surface area contributed by atoms with Crippen LogP contribution < -0.4 is 11.3 Å². The Bertz CT molecular complexity index is 409. The first-order valence-electron chi connectivity index (χ1n) is 6.20. The van der Waals surface area contributed by atoms with E-state index in [0.717, 1.165) is 0 Å². The van der Waals surface area contributed by atoms with Crippen molar-refractivity contribution >= 4 is 0 Å². The summed E-state index contributed by atoms with van der Waals surface area (Å²) in [6, 6.07) is 2.23. The average molecular weight is 233 g/mol. The molecule has 0 radical (unpaired) electrons. The van der Waals surface area contributed by atoms with Gasteiger partial charge in [-0.25, -0.2) is 0 Å². The predicted molar refractivity (Wildman–Crippen MR) is 70.1 cm³/mol. The van der Waals surface area contributed by atoms with Crippen LogP contribution in [0.15, 0.2) is 18.5 Å². The molecule has 1 aromatic heterocycles. The molecule has 0 aliphatic heterocycles. The maximum atomic E-state index is 5.78. The van der Waals surface area contributed by atoms with Gasteiger partial charge in [-0.15, -0.1) is 0 Å². The van der Waals surface area contributed by atoms with Crippen LogP contribution in [0.5, 0.6) is 0 Å². The van der Waals surface area contributed by atoms with Gasteiger partial charge in [-0.05, 0) is 40.9 Å². The second-order valence-corrected chi connectivity index (χ2v) is 6.30. The van der Waals surface area contributed by atoms with Gasteiger partial charge in [0.1, 0.15) is 0 Å². The van der Waals surface area contributed by atoms with Gasteiger partial charge in [0.2, 0.25) is 0 Å². The van der Waals surface area contributed by atoms with Crippen LogP contribution in [0.25, 0.3) is 0 Å². The fraction of sp³-hybridized carbons (Fsp3) is 0.643. The molecule has 1 heterocycles. The molecule has 3 N–H and O–H groups in total. The van der Waals surface area contributed by atoms with E-state index in [1.54, 1.807) is 0 Å². The lowest BCUT2D eigenvalue weighted by molar-refractivity contribution is 0.415. The number of hydrazine groups is 1. The number of aryl methyl sites for hydroxylation is 1. The quantitative estimate of drug-likeness (QED) is 0.623. The van der Waals surface area contributed by atoms with Crippen LogP contribution in [0, 0.1) is 23.7 Å². The molecule has 1 aliphatic carbocycles. The Morgan fingerprint density at radius 3 is 2.29 bits per heavy atom. The van der Waals surface area contributed by atoms with Crippen molar-refractivity contribution in [2.24, 2.45) is 22.6 Å². The van der Waals surface area contributed by atoms with Crippen molar-refractivity contribution < 1.29 is 0 Å². The van der Waals surface area contributed by atoms with Crippen molar-refractivity contribution in [3.05, 3.63) is 29.6 Å². The zero-order chi connectivity index (χ0) is 12.8. The van der Waals surface area contributed by atoms with Crippen LogP contribution in [0.4, 0.5) is 0 Å². The molecule has 1 atom stereocenters. The summed E-state index contributed by atoms with van der Waals surface area (Å²) in [6.45, 7) is 11.4. The maximum absolute atomic E-state index is 5.78. The Labute approximate surface area is 104 Å². The minimum atomic E-state index is 0.189. The summed E-state index contributed by atoms with van der Waals surface area (Å²) in [6.07, 6.45) is 3.76. The fourth-order valence-electron chi connectivity index (χ4n) is 3.25. The number of hydrogen-bond acceptors (Lipinski definition) is 3. The normalized spacial score (nSPS) is 23.4. The Morgan fingerprint density at radius 1 is 1.29 bits per heavy atom. The van der Waals surface area contributed by atoms with Crippen molar-refractivity contribution in [1.82, 2.24) is 10.4 Å². The summed E-state index contributed by atoms with van der Waals surface area (Å²) in [5.41, 5.74) is 6.09. The number of hydrogen-bond donors (Lipinski definition) is 2. The molecular weight excluding hydrogens is 210 g/mol. The molecule has 3 nitrogen and oxygen atoms in total. The highest BCUT2D eigenvalue weighted by atomic mass is 15.2. The van der Waals surface area contributed by atoms with Crippen LogP contribution in [-0.2, 0) is 0 Å². The smallest absolute Gasteiger partial charge is 0.0516 e. The van der Waals surface area contributed by atoms with E-state index in [-0.39, 0.29) is 6.04 Å². The number of aromatic nitrogens is 1. The number of nitrogens with two attached hydrogens (primary N) is 1. The van der Waals surface area contributed by atoms with Gasteiger partial charge in [0, 0.05) is 12.4 Å². The van der Waals surface area contributed by atoms with Crippen LogP contribution >= 0.6 is 0 Å². The van der Waals surface area contributed by atoms with Gasteiger partial charge in [-0.1, -0.05) is 27.7 Å². The molecule has 3 heteroatoms. The molecular formula is C14H23N3. The number of nitrogens with one attached hydrogen (secondary N) is 1. The minimum Gasteiger partial charge on any atom is -0.271 e. The van der Waals surface area contributed by atoms with E-state index >= 15 is 0 Å². The number of nitrogens with zero attached hydrogens (tertiary/aromatic N) is 1. The van der Waals surface area contributed by atoms with Crippen molar-refractivity contribution in [3.8, 4) is 0 Å². The highest BCUT2D eigenvalue weighted by Gasteiger charge is 2.67. The maximum Gasteiger partial charge on any atom is 0.0516 e. The lowest BCUT2D eigenvalue weighted by atomic mass is 9.95. The summed E-state index contributed by atoms with van der Waals surface area (Å²) >= 11 is 0. The highest BCUT2D eigenvalue weighted by molar-refractivity contribution is 5.30. The average Bonchev–Trinajstić information content (AvgIpc) is 2.64. The first-order valence-corrected chi connectivity index (χ1v) is 6.20. The predicted octanol–water partition coefficient (Wildman–Crippen LogP) is 2.58. The van der Waals surface area contributed by atoms with Crippen molar-refractivity contribution in [2.75, 3.05) is 0 Å². The zero-order valence-corrected chi connectivity index (χ0v) is 11.4. The van der Waals surface area contributed by atoms with E-state index in [1.807, 2.05) is 18.5 Å². The van der Waals surface area contributed by atoms with Crippen molar-refractivity contribution in [3.63, 3.8) is 0 Å². The van der Waals surface area contributed by atoms with E-state index in [4.69, 9.17) is 5.84 Å². The summed E-state index contributed by atoms with van der Waals surface area (Å²) in [4.78, 5) is 4.22. The van der Waals surface area contributed by atoms with E-state index in [1.165, 1.54) is 11.1 Å². The Morgan fingerprint density at radius 2 is 1.88 bits per heavy atom. The van der Waals surface area contributed by atoms with Crippen LogP contribution in [-0.4, -0.2) is 4.98 Å². The summed E-state index contributed by atoms with van der Waals surface area (Å²) in [7, 11) is 0. The molecule has 17 heavy (non-hydrogen) atoms. The van der Waals surface area contributed by atoms with E-state index in [2.05, 4.69) is 45.0 Å². The van der Waals surface area contributed by atoms with Gasteiger partial charge in [-0.3, -0.25) is 16.3 Å². The van der Waals surface area contributed by atoms with Crippen molar-refractivity contribution in [2.45, 2.75) is 40.7 Å². The van der Waals surface area contributed by atoms with Gasteiger partial charge >= 0.3 is 0 Å². The summed E-state index contributed by atoms with van der Waals surface area (Å²) in [5.74, 6) is 6.32. The van der Waals surface area contributed by atoms with Gasteiger partial charge in [0.05, 0.1) is 6.04 Å². The van der Waals surface area contributed by atoms with E-state index in [0.29, 0.717) is 16.7 Å². The van der Waals surface area contributed by atoms with Crippen molar-refractivity contribution in [1.29, 1.82) is 0 Å². The van der Waals surface area contributed by atoms with Crippen LogP contribution in [0.1, 0.15) is 44.9 Å². The first-order chi connectivity index (χ1) is 7.84. The Kier molecular flexibility index (Phi) is 2.79. The van der Waals surface area contributed by atoms with Crippen LogP contribution in [0.3, 0.4) is 0 Å². The molecule has 1 unspecified atom stereocenters. The van der Waals surface area contributed by atoms with Crippen LogP contribution in [0.2, 0.25) is 0 Å². The second kappa shape index (κ2) is 3.79. The molecule has 1 aliphatic rings. The van der Waals surface area contributed by atoms with Gasteiger partial charge in [0.15, 0.2) is 0 Å². The van der Waals surface area contributed by atoms with Gasteiger partial charge in [-0.2, -0.15) is 0 Å². The van der Waals surface area contributed by atoms with Gasteiger partial charge < -0.3 is 0 Å². The summed E-state index contributed by atoms with van der Waals surface area (Å²) in [5, 5.41) is 0. The second-order valence-electron chi connectivity index (χ2n) is 6.30. The molecule has 0 spiro atoms. The Balaban J connectivity index is 2.35. The molecule has 0 bridgehead atoms. The third-order valence-electron chi connectivity index (χ3n) is 5.06. The fourth-order valence-corrected chi connectivity index (χ4v) is 3.25. The Hall–Kier alpha value is -0.930. The van der Waals surface area contributed by atoms with Gasteiger partial charge in [0.25, 0.3) is 0 Å². The molecule has 1 saturated carbocycles. The van der Waals surface area contributed by atoms with E-state index < -0.39 is 0 Å². The third-order valence-corrected chi connectivity index (χ3v) is 5.06. The van der Waals surface area contributed by atoms with E-state index in [9.17, 15) is 0 Å². The molecule has 0 amide bonds. The molecule has 0 aromatic carbocycles. The summed E-state index contributed by atoms with van der Waals surface area (Å²) < 4.78 is 0. The SMILES string of the molecule is Cc1ccncc1C(NN)C1C(C)(C)C1(C)C. The molecule has 0 saturated heterocycles. The number of rotatable bonds is 3. The highest BCUT2D eigenvalue weighted by Crippen LogP contribution is 2.72. The molecule has 1 fully saturated rings.